The highest BCUT2D eigenvalue weighted by Crippen LogP contribution is 2.57. The van der Waals surface area contributed by atoms with Gasteiger partial charge < -0.3 is 10.0 Å². The Morgan fingerprint density at radius 1 is 0.827 bits per heavy atom. The first-order valence-corrected chi connectivity index (χ1v) is 19.9. The molecule has 0 radical (unpaired) electrons. The SMILES string of the molecule is Cc1cc(-c2ccc3c(c2)C2CCCC2N3c2ccc3c(c2)-c2ccccc2C3(C)C)sc1/C=C1\C(=O)c2ccc(C(=O)O)cc2C12CCCCC2. The number of carbonyl (C=O) groups excluding carboxylic acids is 1. The Morgan fingerprint density at radius 2 is 1.63 bits per heavy atom. The maximum Gasteiger partial charge on any atom is 0.335 e. The molecule has 260 valence electrons. The first-order chi connectivity index (χ1) is 25.2. The topological polar surface area (TPSA) is 57.6 Å². The summed E-state index contributed by atoms with van der Waals surface area (Å²) in [5.74, 6) is -0.362. The Labute approximate surface area is 309 Å². The van der Waals surface area contributed by atoms with E-state index in [1.54, 1.807) is 29.5 Å². The zero-order valence-electron chi connectivity index (χ0n) is 30.1. The minimum Gasteiger partial charge on any atom is -0.478 e. The lowest BCUT2D eigenvalue weighted by Gasteiger charge is -2.35. The predicted molar refractivity (Wildman–Crippen MR) is 211 cm³/mol. The second kappa shape index (κ2) is 11.4. The third-order valence-electron chi connectivity index (χ3n) is 13.4. The summed E-state index contributed by atoms with van der Waals surface area (Å²) in [7, 11) is 0. The molecule has 2 saturated carbocycles. The molecule has 1 N–H and O–H groups in total. The van der Waals surface area contributed by atoms with Crippen molar-refractivity contribution in [1.82, 2.24) is 0 Å². The summed E-state index contributed by atoms with van der Waals surface area (Å²) in [6, 6.07) is 31.1. The van der Waals surface area contributed by atoms with Crippen LogP contribution < -0.4 is 4.90 Å². The molecule has 4 nitrogen and oxygen atoms in total. The van der Waals surface area contributed by atoms with Gasteiger partial charge in [0.2, 0.25) is 0 Å². The van der Waals surface area contributed by atoms with Crippen LogP contribution in [-0.4, -0.2) is 22.9 Å². The van der Waals surface area contributed by atoms with Crippen molar-refractivity contribution >= 4 is 40.5 Å². The number of carboxylic acids is 1. The highest BCUT2D eigenvalue weighted by molar-refractivity contribution is 7.16. The van der Waals surface area contributed by atoms with Gasteiger partial charge in [-0.1, -0.05) is 75.9 Å². The number of anilines is 2. The van der Waals surface area contributed by atoms with Gasteiger partial charge in [-0.25, -0.2) is 4.79 Å². The molecule has 1 aromatic heterocycles. The molecule has 4 aromatic carbocycles. The quantitative estimate of drug-likeness (QED) is 0.190. The van der Waals surface area contributed by atoms with Gasteiger partial charge in [0.1, 0.15) is 0 Å². The highest BCUT2D eigenvalue weighted by atomic mass is 32.1. The maximum absolute atomic E-state index is 14.1. The van der Waals surface area contributed by atoms with Crippen molar-refractivity contribution < 1.29 is 14.7 Å². The number of thiophene rings is 1. The third-order valence-corrected chi connectivity index (χ3v) is 14.6. The van der Waals surface area contributed by atoms with E-state index in [2.05, 4.69) is 98.5 Å². The molecule has 1 aliphatic heterocycles. The van der Waals surface area contributed by atoms with Crippen LogP contribution in [0.15, 0.2) is 90.5 Å². The number of Topliss-reactive ketones (excluding diaryl/α,β-unsaturated/α-hetero) is 1. The van der Waals surface area contributed by atoms with Gasteiger partial charge in [-0.2, -0.15) is 0 Å². The number of carboxylic acid groups (broad SMARTS) is 1. The van der Waals surface area contributed by atoms with E-state index >= 15 is 0 Å². The van der Waals surface area contributed by atoms with E-state index in [0.717, 1.165) is 48.1 Å². The van der Waals surface area contributed by atoms with E-state index in [4.69, 9.17) is 0 Å². The lowest BCUT2D eigenvalue weighted by atomic mass is 9.67. The number of hydrogen-bond donors (Lipinski definition) is 1. The Balaban J connectivity index is 1.02. The summed E-state index contributed by atoms with van der Waals surface area (Å²) in [4.78, 5) is 31.0. The Bertz CT molecular complexity index is 2390. The van der Waals surface area contributed by atoms with Crippen LogP contribution in [0.1, 0.15) is 125 Å². The van der Waals surface area contributed by atoms with Gasteiger partial charge in [-0.05, 0) is 132 Å². The molecular weight excluding hydrogens is 659 g/mol. The second-order valence-corrected chi connectivity index (χ2v) is 17.5. The molecule has 2 fully saturated rings. The van der Waals surface area contributed by atoms with Crippen molar-refractivity contribution in [1.29, 1.82) is 0 Å². The largest absolute Gasteiger partial charge is 0.478 e. The van der Waals surface area contributed by atoms with Gasteiger partial charge in [-0.15, -0.1) is 11.3 Å². The predicted octanol–water partition coefficient (Wildman–Crippen LogP) is 12.0. The molecule has 2 atom stereocenters. The number of benzene rings is 4. The van der Waals surface area contributed by atoms with Gasteiger partial charge >= 0.3 is 5.97 Å². The minimum atomic E-state index is -0.944. The molecule has 0 saturated heterocycles. The second-order valence-electron chi connectivity index (χ2n) is 16.4. The van der Waals surface area contributed by atoms with E-state index < -0.39 is 11.4 Å². The van der Waals surface area contributed by atoms with Gasteiger partial charge in [-0.3, -0.25) is 4.79 Å². The normalized spacial score (nSPS) is 22.4. The Hall–Kier alpha value is -4.74. The Morgan fingerprint density at radius 3 is 2.46 bits per heavy atom. The maximum atomic E-state index is 14.1. The summed E-state index contributed by atoms with van der Waals surface area (Å²) < 4.78 is 0. The minimum absolute atomic E-state index is 0.00168. The van der Waals surface area contributed by atoms with E-state index in [1.807, 2.05) is 0 Å². The smallest absolute Gasteiger partial charge is 0.335 e. The van der Waals surface area contributed by atoms with Crippen molar-refractivity contribution in [3.63, 3.8) is 0 Å². The van der Waals surface area contributed by atoms with Crippen LogP contribution in [0.4, 0.5) is 11.4 Å². The highest BCUT2D eigenvalue weighted by Gasteiger charge is 2.49. The van der Waals surface area contributed by atoms with Crippen LogP contribution in [-0.2, 0) is 10.8 Å². The number of fused-ring (bicyclic) bond motifs is 8. The number of allylic oxidation sites excluding steroid dienone is 1. The summed E-state index contributed by atoms with van der Waals surface area (Å²) in [6.07, 6.45) is 10.8. The van der Waals surface area contributed by atoms with E-state index in [-0.39, 0.29) is 16.8 Å². The lowest BCUT2D eigenvalue weighted by Crippen LogP contribution is -2.29. The van der Waals surface area contributed by atoms with Crippen LogP contribution in [0, 0.1) is 6.92 Å². The van der Waals surface area contributed by atoms with Crippen LogP contribution in [0.2, 0.25) is 0 Å². The van der Waals surface area contributed by atoms with Gasteiger partial charge in [0, 0.05) is 55.1 Å². The zero-order valence-corrected chi connectivity index (χ0v) is 30.9. The summed E-state index contributed by atoms with van der Waals surface area (Å²) >= 11 is 1.77. The number of carbonyl (C=O) groups is 2. The molecule has 5 aromatic rings. The average molecular weight is 702 g/mol. The summed E-state index contributed by atoms with van der Waals surface area (Å²) in [6.45, 7) is 6.85. The number of aryl methyl sites for hydroxylation is 1. The molecule has 4 aliphatic carbocycles. The first kappa shape index (κ1) is 32.0. The van der Waals surface area contributed by atoms with Crippen molar-refractivity contribution in [3.05, 3.63) is 134 Å². The standard InChI is InChI=1S/C47H43NO3S/c1-27-22-43(52-42(27)26-39-44(49)33-17-14-29(45(50)51)24-38(33)47(39)20-7-4-8-21-47)28-15-19-41-35(23-28)32-11-9-13-40(32)48(41)30-16-18-37-34(25-30)31-10-5-6-12-36(31)46(37,2)3/h5-6,10,12,14-19,22-26,32,40H,4,7-9,11,13,20-21H2,1-3H3,(H,50,51)/b39-26+. The monoisotopic (exact) mass is 701 g/mol. The number of aromatic carboxylic acids is 1. The number of hydrogen-bond acceptors (Lipinski definition) is 4. The molecule has 2 unspecified atom stereocenters. The lowest BCUT2D eigenvalue weighted by molar-refractivity contribution is 0.0696. The number of nitrogens with zero attached hydrogens (tertiary/aromatic N) is 1. The fourth-order valence-electron chi connectivity index (χ4n) is 10.8. The molecule has 5 aliphatic rings. The van der Waals surface area contributed by atoms with E-state index in [0.29, 0.717) is 17.5 Å². The fourth-order valence-corrected chi connectivity index (χ4v) is 11.9. The zero-order chi connectivity index (χ0) is 35.5. The van der Waals surface area contributed by atoms with Crippen molar-refractivity contribution in [2.75, 3.05) is 4.90 Å². The molecule has 52 heavy (non-hydrogen) atoms. The average Bonchev–Trinajstić information content (AvgIpc) is 3.94. The van der Waals surface area contributed by atoms with Crippen molar-refractivity contribution in [2.24, 2.45) is 0 Å². The van der Waals surface area contributed by atoms with Crippen LogP contribution in [0.5, 0.6) is 0 Å². The van der Waals surface area contributed by atoms with Crippen molar-refractivity contribution in [3.8, 4) is 21.6 Å². The van der Waals surface area contributed by atoms with E-state index in [1.165, 1.54) is 74.5 Å². The molecule has 10 rings (SSSR count). The molecule has 0 amide bonds. The Kier molecular flexibility index (Phi) is 6.99. The van der Waals surface area contributed by atoms with Crippen LogP contribution in [0.25, 0.3) is 27.6 Å². The summed E-state index contributed by atoms with van der Waals surface area (Å²) in [5.41, 5.74) is 14.4. The molecule has 0 bridgehead atoms. The molecule has 5 heteroatoms. The molecular formula is C47H43NO3S. The molecule has 2 heterocycles. The summed E-state index contributed by atoms with van der Waals surface area (Å²) in [5, 5.41) is 9.78. The fraction of sp³-hybridized carbons (Fsp3) is 0.319. The first-order valence-electron chi connectivity index (χ1n) is 19.1. The van der Waals surface area contributed by atoms with Gasteiger partial charge in [0.25, 0.3) is 0 Å². The van der Waals surface area contributed by atoms with E-state index in [9.17, 15) is 14.7 Å². The third kappa shape index (κ3) is 4.44. The van der Waals surface area contributed by atoms with Gasteiger partial charge in [0.15, 0.2) is 5.78 Å². The number of ketones is 1. The van der Waals surface area contributed by atoms with Crippen LogP contribution in [0.3, 0.4) is 0 Å². The van der Waals surface area contributed by atoms with Crippen molar-refractivity contribution in [2.45, 2.75) is 94.9 Å². The van der Waals surface area contributed by atoms with Crippen LogP contribution >= 0.6 is 11.3 Å². The molecule has 1 spiro atoms. The van der Waals surface area contributed by atoms with Gasteiger partial charge in [0.05, 0.1) is 5.56 Å². The number of rotatable bonds is 4.